The van der Waals surface area contributed by atoms with E-state index >= 15 is 0 Å². The number of carboxylic acid groups (broad SMARTS) is 2. The molecule has 0 radical (unpaired) electrons. The topological polar surface area (TPSA) is 320 Å². The highest BCUT2D eigenvalue weighted by molar-refractivity contribution is 7.98. The van der Waals surface area contributed by atoms with E-state index in [1.54, 1.807) is 48.9 Å². The lowest BCUT2D eigenvalue weighted by atomic mass is 10.0. The van der Waals surface area contributed by atoms with E-state index in [9.17, 15) is 53.4 Å². The summed E-state index contributed by atoms with van der Waals surface area (Å²) in [5, 5.41) is 37.5. The van der Waals surface area contributed by atoms with Crippen LogP contribution in [-0.4, -0.2) is 135 Å². The van der Waals surface area contributed by atoms with E-state index in [-0.39, 0.29) is 43.8 Å². The van der Waals surface area contributed by atoms with Gasteiger partial charge in [-0.05, 0) is 61.3 Å². The lowest BCUT2D eigenvalue weighted by molar-refractivity contribution is -0.141. The van der Waals surface area contributed by atoms with Crippen LogP contribution in [0.5, 0.6) is 0 Å². The summed E-state index contributed by atoms with van der Waals surface area (Å²) in [6.07, 6.45) is 2.77. The zero-order valence-corrected chi connectivity index (χ0v) is 39.0. The zero-order valence-electron chi connectivity index (χ0n) is 37.3. The van der Waals surface area contributed by atoms with Gasteiger partial charge >= 0.3 is 11.9 Å². The van der Waals surface area contributed by atoms with Gasteiger partial charge in [0.15, 0.2) is 0 Å². The van der Waals surface area contributed by atoms with E-state index in [2.05, 4.69) is 54.8 Å². The molecule has 12 N–H and O–H groups in total. The first-order valence-corrected chi connectivity index (χ1v) is 23.3. The number of carbonyl (C=O) groups is 9. The van der Waals surface area contributed by atoms with Gasteiger partial charge in [0.05, 0.1) is 6.54 Å². The number of benzene rings is 2. The van der Waals surface area contributed by atoms with Gasteiger partial charge in [-0.25, -0.2) is 4.79 Å². The first kappa shape index (κ1) is 54.2. The van der Waals surface area contributed by atoms with Gasteiger partial charge < -0.3 is 58.1 Å². The lowest BCUT2D eigenvalue weighted by Crippen LogP contribution is -2.60. The summed E-state index contributed by atoms with van der Waals surface area (Å²) in [6.45, 7) is 4.52. The van der Waals surface area contributed by atoms with Gasteiger partial charge in [0, 0.05) is 42.1 Å². The molecule has 0 aliphatic rings. The van der Waals surface area contributed by atoms with Crippen LogP contribution in [0.4, 0.5) is 0 Å². The predicted octanol–water partition coefficient (Wildman–Crippen LogP) is 0.00370. The Bertz CT molecular complexity index is 2160. The SMILES string of the molecule is CSCC[C@H](NC(=O)[C@H](CCC(=O)O)NC(=O)CN)C(=O)N[C@@H](Cc1c[nH]c2ccccc12)C(=O)N[C@@H](Cc1ccccc1)C(=O)N[C@@H](C)C(=O)N[C@@H](CC(C)C)C(=O)N[C@@H](CS)C(=O)O. The summed E-state index contributed by atoms with van der Waals surface area (Å²) in [5.74, 6) is -7.87. The third-order valence-electron chi connectivity index (χ3n) is 10.3. The molecule has 20 nitrogen and oxygen atoms in total. The highest BCUT2D eigenvalue weighted by atomic mass is 32.2. The van der Waals surface area contributed by atoms with Crippen LogP contribution in [0, 0.1) is 5.92 Å². The van der Waals surface area contributed by atoms with Crippen molar-refractivity contribution in [3.05, 3.63) is 71.9 Å². The molecule has 0 aliphatic carbocycles. The molecule has 0 unspecified atom stereocenters. The fourth-order valence-corrected chi connectivity index (χ4v) is 7.46. The molecular formula is C44H61N9O11S2. The molecule has 66 heavy (non-hydrogen) atoms. The lowest BCUT2D eigenvalue weighted by Gasteiger charge is -2.27. The van der Waals surface area contributed by atoms with Crippen LogP contribution < -0.4 is 43.0 Å². The Morgan fingerprint density at radius 1 is 0.652 bits per heavy atom. The van der Waals surface area contributed by atoms with Crippen molar-refractivity contribution < 1.29 is 53.4 Å². The van der Waals surface area contributed by atoms with Crippen molar-refractivity contribution in [1.82, 2.24) is 42.2 Å². The number of hydrogen-bond donors (Lipinski definition) is 12. The normalized spacial score (nSPS) is 14.3. The summed E-state index contributed by atoms with van der Waals surface area (Å²) >= 11 is 5.36. The van der Waals surface area contributed by atoms with Crippen molar-refractivity contribution in [2.75, 3.05) is 24.3 Å². The highest BCUT2D eigenvalue weighted by Gasteiger charge is 2.34. The maximum absolute atomic E-state index is 14.5. The van der Waals surface area contributed by atoms with Gasteiger partial charge in [-0.1, -0.05) is 62.4 Å². The third kappa shape index (κ3) is 17.7. The Morgan fingerprint density at radius 2 is 1.18 bits per heavy atom. The monoisotopic (exact) mass is 955 g/mol. The van der Waals surface area contributed by atoms with Gasteiger partial charge in [-0.2, -0.15) is 24.4 Å². The van der Waals surface area contributed by atoms with Crippen molar-refractivity contribution in [2.45, 2.75) is 102 Å². The number of aromatic nitrogens is 1. The second kappa shape index (κ2) is 27.4. The Morgan fingerprint density at radius 3 is 1.77 bits per heavy atom. The van der Waals surface area contributed by atoms with Gasteiger partial charge in [0.1, 0.15) is 42.3 Å². The number of aromatic amines is 1. The highest BCUT2D eigenvalue weighted by Crippen LogP contribution is 2.20. The Kier molecular flexibility index (Phi) is 22.5. The maximum atomic E-state index is 14.5. The van der Waals surface area contributed by atoms with Crippen molar-refractivity contribution in [3.8, 4) is 0 Å². The van der Waals surface area contributed by atoms with E-state index in [0.29, 0.717) is 16.9 Å². The molecule has 0 fully saturated rings. The molecule has 1 aromatic heterocycles. The molecular weight excluding hydrogens is 895 g/mol. The van der Waals surface area contributed by atoms with E-state index in [1.807, 2.05) is 32.0 Å². The van der Waals surface area contributed by atoms with E-state index in [4.69, 9.17) is 5.73 Å². The number of nitrogens with two attached hydrogens (primary N) is 1. The number of fused-ring (bicyclic) bond motifs is 1. The number of carboxylic acids is 2. The van der Waals surface area contributed by atoms with E-state index < -0.39 is 109 Å². The molecule has 0 saturated heterocycles. The summed E-state index contributed by atoms with van der Waals surface area (Å²) in [5.41, 5.74) is 7.44. The van der Waals surface area contributed by atoms with Gasteiger partial charge in [0.25, 0.3) is 0 Å². The molecule has 0 bridgehead atoms. The molecule has 7 amide bonds. The number of rotatable bonds is 28. The number of thioether (sulfide) groups is 1. The summed E-state index contributed by atoms with van der Waals surface area (Å²) in [4.78, 5) is 121. The molecule has 22 heteroatoms. The summed E-state index contributed by atoms with van der Waals surface area (Å²) in [7, 11) is 0. The zero-order chi connectivity index (χ0) is 48.9. The van der Waals surface area contributed by atoms with Crippen molar-refractivity contribution >= 4 is 88.6 Å². The number of para-hydroxylation sites is 1. The van der Waals surface area contributed by atoms with E-state index in [0.717, 1.165) is 10.9 Å². The summed E-state index contributed by atoms with van der Waals surface area (Å²) < 4.78 is 0. The second-order valence-corrected chi connectivity index (χ2v) is 17.3. The Hall–Kier alpha value is -6.13. The summed E-state index contributed by atoms with van der Waals surface area (Å²) in [6, 6.07) is 6.97. The first-order chi connectivity index (χ1) is 31.4. The van der Waals surface area contributed by atoms with Crippen LogP contribution in [-0.2, 0) is 56.0 Å². The molecule has 3 rings (SSSR count). The smallest absolute Gasteiger partial charge is 0.327 e. The minimum absolute atomic E-state index is 0.0577. The minimum Gasteiger partial charge on any atom is -0.481 e. The molecule has 1 heterocycles. The van der Waals surface area contributed by atoms with Crippen LogP contribution in [0.1, 0.15) is 57.6 Å². The molecule has 0 spiro atoms. The van der Waals surface area contributed by atoms with Crippen LogP contribution in [0.3, 0.4) is 0 Å². The number of H-pyrrole nitrogens is 1. The largest absolute Gasteiger partial charge is 0.481 e. The molecule has 0 aliphatic heterocycles. The average Bonchev–Trinajstić information content (AvgIpc) is 3.69. The van der Waals surface area contributed by atoms with Crippen LogP contribution >= 0.6 is 24.4 Å². The number of amides is 7. The Balaban J connectivity index is 1.94. The maximum Gasteiger partial charge on any atom is 0.327 e. The van der Waals surface area contributed by atoms with Crippen LogP contribution in [0.2, 0.25) is 0 Å². The van der Waals surface area contributed by atoms with Gasteiger partial charge in [-0.15, -0.1) is 0 Å². The standard InChI is InChI=1S/C44H61N9O11S2/c1-24(2)18-32(42(61)53-35(23-65)44(63)64)50-38(57)25(3)47-41(60)33(19-26-10-6-5-7-11-26)51-43(62)34(20-27-22-46-29-13-9-8-12-28(27)29)52-40(59)31(16-17-66-4)49-39(58)30(14-15-37(55)56)48-36(54)21-45/h5-13,22,24-25,30-35,46,65H,14-21,23,45H2,1-4H3,(H,47,60)(H,48,54)(H,49,58)(H,50,57)(H,51,62)(H,52,59)(H,53,61)(H,55,56)(H,63,64)/t25-,30-,31-,32-,33-,34-,35-/m0/s1. The number of thiol groups is 1. The van der Waals surface area contributed by atoms with Crippen LogP contribution in [0.15, 0.2) is 60.8 Å². The first-order valence-electron chi connectivity index (χ1n) is 21.3. The fourth-order valence-electron chi connectivity index (χ4n) is 6.74. The molecule has 360 valence electrons. The van der Waals surface area contributed by atoms with Gasteiger partial charge in [0.2, 0.25) is 41.4 Å². The molecule has 3 aromatic rings. The molecule has 2 aromatic carbocycles. The van der Waals surface area contributed by atoms with Crippen molar-refractivity contribution in [1.29, 1.82) is 0 Å². The molecule has 7 atom stereocenters. The van der Waals surface area contributed by atoms with Gasteiger partial charge in [-0.3, -0.25) is 38.4 Å². The number of carbonyl (C=O) groups excluding carboxylic acids is 7. The van der Waals surface area contributed by atoms with Crippen molar-refractivity contribution in [3.63, 3.8) is 0 Å². The average molecular weight is 956 g/mol. The fraction of sp³-hybridized carbons (Fsp3) is 0.477. The molecule has 0 saturated carbocycles. The predicted molar refractivity (Wildman–Crippen MR) is 251 cm³/mol. The Labute approximate surface area is 392 Å². The van der Waals surface area contributed by atoms with Crippen LogP contribution in [0.25, 0.3) is 10.9 Å². The van der Waals surface area contributed by atoms with E-state index in [1.165, 1.54) is 18.7 Å². The van der Waals surface area contributed by atoms with Crippen molar-refractivity contribution in [2.24, 2.45) is 11.7 Å². The second-order valence-electron chi connectivity index (χ2n) is 16.0. The number of nitrogens with one attached hydrogen (secondary N) is 8. The number of hydrogen-bond acceptors (Lipinski definition) is 12. The third-order valence-corrected chi connectivity index (χ3v) is 11.3. The quantitative estimate of drug-likeness (QED) is 0.0428. The number of aliphatic carboxylic acids is 2. The minimum atomic E-state index is -1.36.